The number of hydrogen-bond donors (Lipinski definition) is 2. The number of para-hydroxylation sites is 1. The summed E-state index contributed by atoms with van der Waals surface area (Å²) in [6.45, 7) is 1.86. The molecule has 0 atom stereocenters. The van der Waals surface area contributed by atoms with Gasteiger partial charge in [0.05, 0.1) is 22.9 Å². The van der Waals surface area contributed by atoms with Crippen molar-refractivity contribution in [1.29, 1.82) is 0 Å². The first-order chi connectivity index (χ1) is 13.7. The van der Waals surface area contributed by atoms with E-state index in [4.69, 9.17) is 0 Å². The number of benzene rings is 1. The number of hydrazone groups is 1. The molecule has 0 unspecified atom stereocenters. The van der Waals surface area contributed by atoms with Crippen LogP contribution >= 0.6 is 11.3 Å². The van der Waals surface area contributed by atoms with Crippen molar-refractivity contribution in [3.05, 3.63) is 68.7 Å². The van der Waals surface area contributed by atoms with Crippen LogP contribution in [0.5, 0.6) is 0 Å². The van der Waals surface area contributed by atoms with Crippen molar-refractivity contribution in [3.63, 3.8) is 0 Å². The summed E-state index contributed by atoms with van der Waals surface area (Å²) in [5.41, 5.74) is 6.27. The van der Waals surface area contributed by atoms with E-state index in [0.29, 0.717) is 11.4 Å². The second-order valence-electron chi connectivity index (χ2n) is 6.76. The van der Waals surface area contributed by atoms with Gasteiger partial charge in [0.1, 0.15) is 11.2 Å². The first-order valence-electron chi connectivity index (χ1n) is 9.14. The fourth-order valence-corrected chi connectivity index (χ4v) is 4.87. The molecule has 0 radical (unpaired) electrons. The predicted molar refractivity (Wildman–Crippen MR) is 112 cm³/mol. The summed E-state index contributed by atoms with van der Waals surface area (Å²) in [7, 11) is 0. The number of nitrogens with one attached hydrogen (secondary N) is 2. The van der Waals surface area contributed by atoms with Gasteiger partial charge in [0, 0.05) is 10.6 Å². The Morgan fingerprint density at radius 3 is 2.96 bits per heavy atom. The molecule has 1 aromatic carbocycles. The lowest BCUT2D eigenvalue weighted by Crippen LogP contribution is -2.17. The van der Waals surface area contributed by atoms with E-state index in [9.17, 15) is 4.79 Å². The Balaban J connectivity index is 1.46. The number of aromatic amines is 1. The SMILES string of the molecule is Cc1[nH]n(-c2ccccc2)c(=O)c1/C=N/Nc1ncnc2sc3c(c12)CCC3. The fourth-order valence-electron chi connectivity index (χ4n) is 3.64. The molecule has 3 heterocycles. The minimum absolute atomic E-state index is 0.140. The van der Waals surface area contributed by atoms with Crippen molar-refractivity contribution in [3.8, 4) is 5.69 Å². The van der Waals surface area contributed by atoms with Crippen molar-refractivity contribution in [2.45, 2.75) is 26.2 Å². The molecule has 8 heteroatoms. The number of aryl methyl sites for hydroxylation is 3. The standard InChI is InChI=1S/C20H18N6OS/c1-12-15(20(27)26(25-12)13-6-3-2-4-7-13)10-23-24-18-17-14-8-5-9-16(14)28-19(17)22-11-21-18/h2-4,6-7,10-11,25H,5,8-9H2,1H3,(H,21,22,24)/b23-10+. The van der Waals surface area contributed by atoms with E-state index >= 15 is 0 Å². The molecule has 0 spiro atoms. The van der Waals surface area contributed by atoms with E-state index in [0.717, 1.165) is 34.4 Å². The molecule has 1 aliphatic carbocycles. The Bertz CT molecular complexity index is 1250. The summed E-state index contributed by atoms with van der Waals surface area (Å²) >= 11 is 1.73. The van der Waals surface area contributed by atoms with Crippen LogP contribution in [-0.2, 0) is 12.8 Å². The minimum atomic E-state index is -0.140. The van der Waals surface area contributed by atoms with Gasteiger partial charge >= 0.3 is 0 Å². The summed E-state index contributed by atoms with van der Waals surface area (Å²) < 4.78 is 1.52. The lowest BCUT2D eigenvalue weighted by Gasteiger charge is -2.02. The van der Waals surface area contributed by atoms with E-state index in [-0.39, 0.29) is 5.56 Å². The second-order valence-corrected chi connectivity index (χ2v) is 7.84. The molecular weight excluding hydrogens is 372 g/mol. The Kier molecular flexibility index (Phi) is 4.05. The number of H-pyrrole nitrogens is 1. The smallest absolute Gasteiger partial charge is 0.280 e. The molecule has 4 aromatic rings. The summed E-state index contributed by atoms with van der Waals surface area (Å²) in [6.07, 6.45) is 6.45. The summed E-state index contributed by atoms with van der Waals surface area (Å²) in [4.78, 5) is 23.9. The lowest BCUT2D eigenvalue weighted by molar-refractivity contribution is 0.835. The summed E-state index contributed by atoms with van der Waals surface area (Å²) in [5, 5.41) is 8.46. The van der Waals surface area contributed by atoms with Gasteiger partial charge in [0.2, 0.25) is 0 Å². The van der Waals surface area contributed by atoms with Gasteiger partial charge in [-0.1, -0.05) is 18.2 Å². The maximum absolute atomic E-state index is 12.7. The van der Waals surface area contributed by atoms with Crippen molar-refractivity contribution < 1.29 is 0 Å². The van der Waals surface area contributed by atoms with Gasteiger partial charge in [-0.25, -0.2) is 14.6 Å². The molecule has 0 fully saturated rings. The molecule has 140 valence electrons. The van der Waals surface area contributed by atoms with Gasteiger partial charge < -0.3 is 0 Å². The van der Waals surface area contributed by atoms with Crippen molar-refractivity contribution in [1.82, 2.24) is 19.7 Å². The maximum atomic E-state index is 12.7. The Morgan fingerprint density at radius 1 is 1.25 bits per heavy atom. The zero-order chi connectivity index (χ0) is 19.1. The third-order valence-electron chi connectivity index (χ3n) is 5.00. The zero-order valence-electron chi connectivity index (χ0n) is 15.3. The molecule has 2 N–H and O–H groups in total. The molecule has 0 amide bonds. The summed E-state index contributed by atoms with van der Waals surface area (Å²) in [5.74, 6) is 0.692. The molecule has 7 nitrogen and oxygen atoms in total. The van der Waals surface area contributed by atoms with Crippen LogP contribution < -0.4 is 11.0 Å². The van der Waals surface area contributed by atoms with Crippen LogP contribution in [0.1, 0.15) is 28.1 Å². The highest BCUT2D eigenvalue weighted by Crippen LogP contribution is 2.38. The number of aromatic nitrogens is 4. The highest BCUT2D eigenvalue weighted by Gasteiger charge is 2.21. The van der Waals surface area contributed by atoms with Crippen LogP contribution in [0.15, 0.2) is 46.6 Å². The van der Waals surface area contributed by atoms with Crippen LogP contribution in [0.4, 0.5) is 5.82 Å². The fraction of sp³-hybridized carbons (Fsp3) is 0.200. The van der Waals surface area contributed by atoms with Gasteiger partial charge in [-0.3, -0.25) is 15.3 Å². The van der Waals surface area contributed by atoms with E-state index in [1.807, 2.05) is 37.3 Å². The van der Waals surface area contributed by atoms with Crippen molar-refractivity contribution in [2.24, 2.45) is 5.10 Å². The second kappa shape index (κ2) is 6.72. The number of rotatable bonds is 4. The Hall–Kier alpha value is -3.26. The number of fused-ring (bicyclic) bond motifs is 3. The highest BCUT2D eigenvalue weighted by atomic mass is 32.1. The van der Waals surface area contributed by atoms with Gasteiger partial charge in [0.25, 0.3) is 5.56 Å². The molecular formula is C20H18N6OS. The Labute approximate surface area is 164 Å². The first-order valence-corrected chi connectivity index (χ1v) is 9.95. The zero-order valence-corrected chi connectivity index (χ0v) is 16.1. The van der Waals surface area contributed by atoms with E-state index < -0.39 is 0 Å². The summed E-state index contributed by atoms with van der Waals surface area (Å²) in [6, 6.07) is 9.47. The normalized spacial score (nSPS) is 13.5. The molecule has 3 aromatic heterocycles. The van der Waals surface area contributed by atoms with E-state index in [1.54, 1.807) is 23.9 Å². The van der Waals surface area contributed by atoms with Crippen molar-refractivity contribution in [2.75, 3.05) is 5.43 Å². The lowest BCUT2D eigenvalue weighted by atomic mass is 10.2. The molecule has 0 bridgehead atoms. The van der Waals surface area contributed by atoms with Crippen LogP contribution in [0, 0.1) is 6.92 Å². The van der Waals surface area contributed by atoms with Crippen LogP contribution in [0.2, 0.25) is 0 Å². The largest absolute Gasteiger partial charge is 0.295 e. The first kappa shape index (κ1) is 16.9. The molecule has 0 saturated carbocycles. The molecule has 0 aliphatic heterocycles. The highest BCUT2D eigenvalue weighted by molar-refractivity contribution is 7.19. The average Bonchev–Trinajstić information content (AvgIpc) is 3.37. The molecule has 1 aliphatic rings. The molecule has 5 rings (SSSR count). The quantitative estimate of drug-likeness (QED) is 0.413. The Morgan fingerprint density at radius 2 is 2.11 bits per heavy atom. The molecule has 0 saturated heterocycles. The van der Waals surface area contributed by atoms with Gasteiger partial charge in [0.15, 0.2) is 5.82 Å². The van der Waals surface area contributed by atoms with Crippen LogP contribution in [0.3, 0.4) is 0 Å². The number of nitrogens with zero attached hydrogens (tertiary/aromatic N) is 4. The van der Waals surface area contributed by atoms with Gasteiger partial charge in [-0.2, -0.15) is 5.10 Å². The number of thiophene rings is 1. The van der Waals surface area contributed by atoms with Crippen molar-refractivity contribution >= 4 is 33.6 Å². The third-order valence-corrected chi connectivity index (χ3v) is 6.20. The monoisotopic (exact) mass is 390 g/mol. The number of anilines is 1. The topological polar surface area (TPSA) is 88.0 Å². The maximum Gasteiger partial charge on any atom is 0.280 e. The van der Waals surface area contributed by atoms with Gasteiger partial charge in [-0.15, -0.1) is 11.3 Å². The molecule has 28 heavy (non-hydrogen) atoms. The average molecular weight is 390 g/mol. The van der Waals surface area contributed by atoms with Crippen LogP contribution in [-0.4, -0.2) is 26.0 Å². The third kappa shape index (κ3) is 2.73. The van der Waals surface area contributed by atoms with Gasteiger partial charge in [-0.05, 0) is 43.9 Å². The van der Waals surface area contributed by atoms with E-state index in [2.05, 4.69) is 25.6 Å². The van der Waals surface area contributed by atoms with Crippen LogP contribution in [0.25, 0.3) is 15.9 Å². The van der Waals surface area contributed by atoms with E-state index in [1.165, 1.54) is 21.5 Å². The number of hydrogen-bond acceptors (Lipinski definition) is 6. The minimum Gasteiger partial charge on any atom is -0.295 e. The predicted octanol–water partition coefficient (Wildman–Crippen LogP) is 3.41.